The highest BCUT2D eigenvalue weighted by molar-refractivity contribution is 5.32. The summed E-state index contributed by atoms with van der Waals surface area (Å²) in [5.74, 6) is 0. The van der Waals surface area contributed by atoms with Gasteiger partial charge in [-0.25, -0.2) is 0 Å². The lowest BCUT2D eigenvalue weighted by Gasteiger charge is -2.19. The van der Waals surface area contributed by atoms with E-state index in [9.17, 15) is 10.1 Å². The summed E-state index contributed by atoms with van der Waals surface area (Å²) in [6, 6.07) is 7.38. The predicted octanol–water partition coefficient (Wildman–Crippen LogP) is 1.67. The first kappa shape index (κ1) is 15.9. The highest BCUT2D eigenvalue weighted by atomic mass is 16.6. The van der Waals surface area contributed by atoms with Gasteiger partial charge in [0.05, 0.1) is 11.6 Å². The quantitative estimate of drug-likeness (QED) is 0.612. The van der Waals surface area contributed by atoms with Crippen LogP contribution in [0.15, 0.2) is 24.3 Å². The Kier molecular flexibility index (Phi) is 5.67. The highest BCUT2D eigenvalue weighted by Crippen LogP contribution is 2.13. The largest absolute Gasteiger partial charge is 0.302 e. The van der Waals surface area contributed by atoms with E-state index in [2.05, 4.69) is 29.0 Å². The molecule has 0 atom stereocenters. The van der Waals surface area contributed by atoms with Crippen LogP contribution in [-0.4, -0.2) is 53.7 Å². The Labute approximate surface area is 125 Å². The minimum absolute atomic E-state index is 0.158. The molecule has 1 aromatic carbocycles. The van der Waals surface area contributed by atoms with Crippen molar-refractivity contribution in [1.82, 2.24) is 15.1 Å². The molecule has 1 aromatic rings. The van der Waals surface area contributed by atoms with Crippen LogP contribution in [0.25, 0.3) is 0 Å². The van der Waals surface area contributed by atoms with Crippen LogP contribution >= 0.6 is 0 Å². The van der Waals surface area contributed by atoms with Gasteiger partial charge in [-0.3, -0.25) is 19.9 Å². The van der Waals surface area contributed by atoms with Crippen molar-refractivity contribution in [3.8, 4) is 0 Å². The molecule has 1 heterocycles. The Bertz CT molecular complexity index is 461. The van der Waals surface area contributed by atoms with E-state index in [0.717, 1.165) is 45.0 Å². The van der Waals surface area contributed by atoms with Crippen LogP contribution in [-0.2, 0) is 6.42 Å². The molecule has 1 N–H and O–H groups in total. The number of rotatable bonds is 7. The number of nitro groups is 1. The Morgan fingerprint density at radius 3 is 2.52 bits per heavy atom. The maximum atomic E-state index is 10.6. The molecule has 21 heavy (non-hydrogen) atoms. The van der Waals surface area contributed by atoms with Gasteiger partial charge in [0.15, 0.2) is 0 Å². The normalized spacial score (nSPS) is 16.7. The van der Waals surface area contributed by atoms with E-state index in [-0.39, 0.29) is 10.6 Å². The summed E-state index contributed by atoms with van der Waals surface area (Å²) in [6.45, 7) is 9.42. The smallest absolute Gasteiger partial charge is 0.269 e. The fourth-order valence-electron chi connectivity index (χ4n) is 2.40. The molecule has 6 nitrogen and oxygen atoms in total. The van der Waals surface area contributed by atoms with Gasteiger partial charge in [0, 0.05) is 44.5 Å². The van der Waals surface area contributed by atoms with Crippen molar-refractivity contribution in [2.45, 2.75) is 26.3 Å². The third-order valence-electron chi connectivity index (χ3n) is 3.72. The average Bonchev–Trinajstić information content (AvgIpc) is 2.91. The van der Waals surface area contributed by atoms with Gasteiger partial charge in [-0.15, -0.1) is 0 Å². The van der Waals surface area contributed by atoms with E-state index >= 15 is 0 Å². The first-order chi connectivity index (χ1) is 10.0. The molecule has 1 aliphatic heterocycles. The van der Waals surface area contributed by atoms with Crippen molar-refractivity contribution in [2.75, 3.05) is 33.0 Å². The van der Waals surface area contributed by atoms with E-state index in [1.807, 2.05) is 12.1 Å². The number of non-ortho nitro benzene ring substituents is 1. The molecule has 116 valence electrons. The van der Waals surface area contributed by atoms with E-state index in [1.54, 1.807) is 12.1 Å². The van der Waals surface area contributed by atoms with Gasteiger partial charge >= 0.3 is 0 Å². The zero-order chi connectivity index (χ0) is 15.2. The van der Waals surface area contributed by atoms with Gasteiger partial charge in [0.2, 0.25) is 0 Å². The van der Waals surface area contributed by atoms with Crippen molar-refractivity contribution in [1.29, 1.82) is 0 Å². The van der Waals surface area contributed by atoms with Gasteiger partial charge in [-0.05, 0) is 25.8 Å². The van der Waals surface area contributed by atoms with Crippen molar-refractivity contribution < 1.29 is 4.92 Å². The lowest BCUT2D eigenvalue weighted by Crippen LogP contribution is -2.37. The zero-order valence-electron chi connectivity index (χ0n) is 12.8. The second-order valence-corrected chi connectivity index (χ2v) is 5.84. The van der Waals surface area contributed by atoms with Gasteiger partial charge in [-0.2, -0.15) is 0 Å². The summed E-state index contributed by atoms with van der Waals surface area (Å²) >= 11 is 0. The number of hydrogen-bond acceptors (Lipinski definition) is 5. The summed E-state index contributed by atoms with van der Waals surface area (Å²) in [7, 11) is 0. The molecule has 0 aromatic heterocycles. The highest BCUT2D eigenvalue weighted by Gasteiger charge is 2.19. The molecule has 0 bridgehead atoms. The molecule has 0 amide bonds. The summed E-state index contributed by atoms with van der Waals surface area (Å²) in [5.41, 5.74) is 1.31. The second-order valence-electron chi connectivity index (χ2n) is 5.84. The van der Waals surface area contributed by atoms with E-state index in [4.69, 9.17) is 0 Å². The lowest BCUT2D eigenvalue weighted by molar-refractivity contribution is -0.384. The standard InChI is InChI=1S/C15H24N4O2/c1-13(2)16-11-18-10-9-17(12-18)8-7-14-3-5-15(6-4-14)19(20)21/h3-6,13,16H,7-12H2,1-2H3. The summed E-state index contributed by atoms with van der Waals surface area (Å²) in [6.07, 6.45) is 0.934. The molecular formula is C15H24N4O2. The monoisotopic (exact) mass is 292 g/mol. The Balaban J connectivity index is 1.72. The molecule has 1 saturated heterocycles. The second kappa shape index (κ2) is 7.49. The first-order valence-corrected chi connectivity index (χ1v) is 7.46. The van der Waals surface area contributed by atoms with Crippen LogP contribution in [0.1, 0.15) is 19.4 Å². The number of nitrogens with one attached hydrogen (secondary N) is 1. The number of hydrogen-bond donors (Lipinski definition) is 1. The summed E-state index contributed by atoms with van der Waals surface area (Å²) < 4.78 is 0. The minimum Gasteiger partial charge on any atom is -0.302 e. The molecule has 1 aliphatic rings. The van der Waals surface area contributed by atoms with Crippen molar-refractivity contribution in [3.05, 3.63) is 39.9 Å². The topological polar surface area (TPSA) is 61.6 Å². The van der Waals surface area contributed by atoms with E-state index in [0.29, 0.717) is 6.04 Å². The molecule has 0 saturated carbocycles. The molecule has 0 spiro atoms. The van der Waals surface area contributed by atoms with Crippen LogP contribution < -0.4 is 5.32 Å². The number of nitro benzene ring substituents is 1. The fourth-order valence-corrected chi connectivity index (χ4v) is 2.40. The predicted molar refractivity (Wildman–Crippen MR) is 83.1 cm³/mol. The molecular weight excluding hydrogens is 268 g/mol. The molecule has 0 radical (unpaired) electrons. The van der Waals surface area contributed by atoms with Crippen LogP contribution in [0.5, 0.6) is 0 Å². The van der Waals surface area contributed by atoms with Gasteiger partial charge in [0.1, 0.15) is 0 Å². The summed E-state index contributed by atoms with van der Waals surface area (Å²) in [4.78, 5) is 15.1. The Morgan fingerprint density at radius 2 is 1.90 bits per heavy atom. The lowest BCUT2D eigenvalue weighted by atomic mass is 10.1. The third kappa shape index (κ3) is 5.08. The maximum Gasteiger partial charge on any atom is 0.269 e. The van der Waals surface area contributed by atoms with Gasteiger partial charge in [0.25, 0.3) is 5.69 Å². The molecule has 0 unspecified atom stereocenters. The first-order valence-electron chi connectivity index (χ1n) is 7.46. The zero-order valence-corrected chi connectivity index (χ0v) is 12.8. The number of nitrogens with zero attached hydrogens (tertiary/aromatic N) is 3. The van der Waals surface area contributed by atoms with Crippen LogP contribution in [0.3, 0.4) is 0 Å². The SMILES string of the molecule is CC(C)NCN1CCN(CCc2ccc([N+](=O)[O-])cc2)C1. The van der Waals surface area contributed by atoms with Gasteiger partial charge < -0.3 is 5.32 Å². The Hall–Kier alpha value is -1.50. The molecule has 1 fully saturated rings. The maximum absolute atomic E-state index is 10.6. The van der Waals surface area contributed by atoms with E-state index in [1.165, 1.54) is 0 Å². The minimum atomic E-state index is -0.357. The number of benzene rings is 1. The van der Waals surface area contributed by atoms with Crippen molar-refractivity contribution in [3.63, 3.8) is 0 Å². The van der Waals surface area contributed by atoms with E-state index < -0.39 is 0 Å². The third-order valence-corrected chi connectivity index (χ3v) is 3.72. The van der Waals surface area contributed by atoms with Gasteiger partial charge in [-0.1, -0.05) is 12.1 Å². The van der Waals surface area contributed by atoms with Crippen LogP contribution in [0, 0.1) is 10.1 Å². The van der Waals surface area contributed by atoms with Crippen molar-refractivity contribution >= 4 is 5.69 Å². The van der Waals surface area contributed by atoms with Crippen LogP contribution in [0.2, 0.25) is 0 Å². The average molecular weight is 292 g/mol. The van der Waals surface area contributed by atoms with Crippen molar-refractivity contribution in [2.24, 2.45) is 0 Å². The molecule has 2 rings (SSSR count). The summed E-state index contributed by atoms with van der Waals surface area (Å²) in [5, 5.41) is 14.0. The Morgan fingerprint density at radius 1 is 1.24 bits per heavy atom. The molecule has 0 aliphatic carbocycles. The van der Waals surface area contributed by atoms with Crippen LogP contribution in [0.4, 0.5) is 5.69 Å². The molecule has 6 heteroatoms. The fraction of sp³-hybridized carbons (Fsp3) is 0.600.